The molecule has 3 heterocycles. The topological polar surface area (TPSA) is 93.4 Å². The van der Waals surface area contributed by atoms with E-state index < -0.39 is 10.0 Å². The molecule has 0 saturated carbocycles. The predicted molar refractivity (Wildman–Crippen MR) is 106 cm³/mol. The molecule has 0 amide bonds. The van der Waals surface area contributed by atoms with E-state index >= 15 is 0 Å². The van der Waals surface area contributed by atoms with Gasteiger partial charge in [0.05, 0.1) is 16.5 Å². The highest BCUT2D eigenvalue weighted by Crippen LogP contribution is 2.24. The zero-order valence-corrected chi connectivity index (χ0v) is 16.3. The van der Waals surface area contributed by atoms with Crippen LogP contribution >= 0.6 is 0 Å². The van der Waals surface area contributed by atoms with Crippen LogP contribution in [0.1, 0.15) is 18.4 Å². The fraction of sp³-hybridized carbons (Fsp3) is 0.421. The van der Waals surface area contributed by atoms with Gasteiger partial charge in [-0.05, 0) is 37.1 Å². The standard InChI is InChI=1S/C19H22N6O2S/c20-14-16-3-5-17(6-4-16)28(26,27)25-11-9-24(10-12-25)19-13-18(21-15-22-19)23-7-1-2-8-23/h3-6,13,15H,1-2,7-12H2. The maximum Gasteiger partial charge on any atom is 0.243 e. The molecular formula is C19H22N6O2S. The van der Waals surface area contributed by atoms with Gasteiger partial charge in [0.2, 0.25) is 10.0 Å². The van der Waals surface area contributed by atoms with Crippen molar-refractivity contribution in [3.63, 3.8) is 0 Å². The number of sulfonamides is 1. The number of aromatic nitrogens is 2. The Morgan fingerprint density at radius 1 is 0.857 bits per heavy atom. The molecule has 1 aromatic heterocycles. The fourth-order valence-corrected chi connectivity index (χ4v) is 5.06. The van der Waals surface area contributed by atoms with E-state index in [0.717, 1.165) is 24.7 Å². The monoisotopic (exact) mass is 398 g/mol. The van der Waals surface area contributed by atoms with E-state index in [1.807, 2.05) is 12.1 Å². The van der Waals surface area contributed by atoms with Gasteiger partial charge in [0.15, 0.2) is 0 Å². The molecule has 2 aliphatic heterocycles. The first kappa shape index (κ1) is 18.7. The highest BCUT2D eigenvalue weighted by Gasteiger charge is 2.29. The number of hydrogen-bond acceptors (Lipinski definition) is 7. The van der Waals surface area contributed by atoms with Crippen LogP contribution in [0.4, 0.5) is 11.6 Å². The summed E-state index contributed by atoms with van der Waals surface area (Å²) in [4.78, 5) is 13.4. The Bertz CT molecular complexity index is 972. The zero-order chi connectivity index (χ0) is 19.6. The minimum atomic E-state index is -3.56. The summed E-state index contributed by atoms with van der Waals surface area (Å²) in [5, 5.41) is 8.88. The third-order valence-electron chi connectivity index (χ3n) is 5.25. The second-order valence-corrected chi connectivity index (χ2v) is 8.89. The highest BCUT2D eigenvalue weighted by atomic mass is 32.2. The molecule has 2 saturated heterocycles. The van der Waals surface area contributed by atoms with Crippen molar-refractivity contribution in [2.45, 2.75) is 17.7 Å². The molecule has 0 radical (unpaired) electrons. The van der Waals surface area contributed by atoms with E-state index in [9.17, 15) is 8.42 Å². The summed E-state index contributed by atoms with van der Waals surface area (Å²) < 4.78 is 27.2. The van der Waals surface area contributed by atoms with Crippen molar-refractivity contribution in [2.75, 3.05) is 49.1 Å². The molecule has 0 bridgehead atoms. The lowest BCUT2D eigenvalue weighted by molar-refractivity contribution is 0.384. The third kappa shape index (κ3) is 3.66. The van der Waals surface area contributed by atoms with Gasteiger partial charge in [-0.1, -0.05) is 0 Å². The van der Waals surface area contributed by atoms with E-state index in [4.69, 9.17) is 5.26 Å². The van der Waals surface area contributed by atoms with Crippen LogP contribution in [0.25, 0.3) is 0 Å². The van der Waals surface area contributed by atoms with E-state index in [2.05, 4.69) is 19.8 Å². The van der Waals surface area contributed by atoms with Crippen molar-refractivity contribution in [1.82, 2.24) is 14.3 Å². The number of piperazine rings is 1. The lowest BCUT2D eigenvalue weighted by Gasteiger charge is -2.34. The average molecular weight is 398 g/mol. The van der Waals surface area contributed by atoms with Gasteiger partial charge in [0.25, 0.3) is 0 Å². The molecule has 28 heavy (non-hydrogen) atoms. The van der Waals surface area contributed by atoms with E-state index in [-0.39, 0.29) is 4.90 Å². The molecule has 0 N–H and O–H groups in total. The first-order valence-electron chi connectivity index (χ1n) is 9.40. The molecule has 0 atom stereocenters. The molecule has 8 nitrogen and oxygen atoms in total. The minimum Gasteiger partial charge on any atom is -0.356 e. The maximum absolute atomic E-state index is 12.9. The molecule has 0 spiro atoms. The first-order chi connectivity index (χ1) is 13.6. The van der Waals surface area contributed by atoms with Crippen LogP contribution in [0.15, 0.2) is 41.6 Å². The van der Waals surface area contributed by atoms with Crippen LogP contribution in [0.3, 0.4) is 0 Å². The smallest absolute Gasteiger partial charge is 0.243 e. The van der Waals surface area contributed by atoms with Gasteiger partial charge in [-0.15, -0.1) is 0 Å². The maximum atomic E-state index is 12.9. The Hall–Kier alpha value is -2.70. The Labute approximate surface area is 165 Å². The number of benzene rings is 1. The van der Waals surface area contributed by atoms with Crippen molar-refractivity contribution in [3.05, 3.63) is 42.2 Å². The highest BCUT2D eigenvalue weighted by molar-refractivity contribution is 7.89. The second-order valence-electron chi connectivity index (χ2n) is 6.96. The molecule has 146 valence electrons. The number of rotatable bonds is 4. The first-order valence-corrected chi connectivity index (χ1v) is 10.8. The minimum absolute atomic E-state index is 0.221. The van der Waals surface area contributed by atoms with Crippen LogP contribution < -0.4 is 9.80 Å². The zero-order valence-electron chi connectivity index (χ0n) is 15.5. The molecule has 0 aliphatic carbocycles. The Morgan fingerprint density at radius 2 is 1.43 bits per heavy atom. The van der Waals surface area contributed by atoms with Crippen molar-refractivity contribution in [3.8, 4) is 6.07 Å². The number of nitrogens with zero attached hydrogens (tertiary/aromatic N) is 6. The fourth-order valence-electron chi connectivity index (χ4n) is 3.64. The summed E-state index contributed by atoms with van der Waals surface area (Å²) in [6, 6.07) is 10.0. The van der Waals surface area contributed by atoms with Gasteiger partial charge in [-0.3, -0.25) is 0 Å². The van der Waals surface area contributed by atoms with Gasteiger partial charge in [-0.25, -0.2) is 18.4 Å². The summed E-state index contributed by atoms with van der Waals surface area (Å²) in [5.74, 6) is 1.78. The summed E-state index contributed by atoms with van der Waals surface area (Å²) in [5.41, 5.74) is 0.446. The second kappa shape index (κ2) is 7.73. The lowest BCUT2D eigenvalue weighted by atomic mass is 10.2. The van der Waals surface area contributed by atoms with Gasteiger partial charge in [-0.2, -0.15) is 9.57 Å². The van der Waals surface area contributed by atoms with E-state index in [1.54, 1.807) is 6.33 Å². The number of hydrogen-bond donors (Lipinski definition) is 0. The van der Waals surface area contributed by atoms with Gasteiger partial charge >= 0.3 is 0 Å². The van der Waals surface area contributed by atoms with E-state index in [0.29, 0.717) is 31.7 Å². The molecule has 2 aliphatic rings. The van der Waals surface area contributed by atoms with Crippen molar-refractivity contribution < 1.29 is 8.42 Å². The summed E-state index contributed by atoms with van der Waals surface area (Å²) in [6.45, 7) is 3.98. The largest absolute Gasteiger partial charge is 0.356 e. The number of anilines is 2. The summed E-state index contributed by atoms with van der Waals surface area (Å²) in [6.07, 6.45) is 3.96. The third-order valence-corrected chi connectivity index (χ3v) is 7.16. The Balaban J connectivity index is 1.44. The molecule has 0 unspecified atom stereocenters. The predicted octanol–water partition coefficient (Wildman–Crippen LogP) is 1.46. The van der Waals surface area contributed by atoms with Gasteiger partial charge in [0.1, 0.15) is 18.0 Å². The van der Waals surface area contributed by atoms with Gasteiger partial charge in [0, 0.05) is 45.3 Å². The Morgan fingerprint density at radius 3 is 2.00 bits per heavy atom. The quantitative estimate of drug-likeness (QED) is 0.770. The molecule has 4 rings (SSSR count). The summed E-state index contributed by atoms with van der Waals surface area (Å²) >= 11 is 0. The van der Waals surface area contributed by atoms with Crippen molar-refractivity contribution >= 4 is 21.7 Å². The lowest BCUT2D eigenvalue weighted by Crippen LogP contribution is -2.49. The van der Waals surface area contributed by atoms with Crippen LogP contribution in [0.5, 0.6) is 0 Å². The Kier molecular flexibility index (Phi) is 5.15. The summed E-state index contributed by atoms with van der Waals surface area (Å²) in [7, 11) is -3.56. The molecular weight excluding hydrogens is 376 g/mol. The van der Waals surface area contributed by atoms with Crippen LogP contribution in [0.2, 0.25) is 0 Å². The molecule has 2 fully saturated rings. The molecule has 9 heteroatoms. The molecule has 2 aromatic rings. The van der Waals surface area contributed by atoms with Crippen LogP contribution in [-0.2, 0) is 10.0 Å². The van der Waals surface area contributed by atoms with Crippen molar-refractivity contribution in [2.24, 2.45) is 0 Å². The van der Waals surface area contributed by atoms with Crippen molar-refractivity contribution in [1.29, 1.82) is 5.26 Å². The SMILES string of the molecule is N#Cc1ccc(S(=O)(=O)N2CCN(c3cc(N4CCCC4)ncn3)CC2)cc1. The van der Waals surface area contributed by atoms with Crippen LogP contribution in [0, 0.1) is 11.3 Å². The molecule has 1 aromatic carbocycles. The van der Waals surface area contributed by atoms with E-state index in [1.165, 1.54) is 41.4 Å². The van der Waals surface area contributed by atoms with Crippen LogP contribution in [-0.4, -0.2) is 62.0 Å². The van der Waals surface area contributed by atoms with Gasteiger partial charge < -0.3 is 9.80 Å². The average Bonchev–Trinajstić information content (AvgIpc) is 3.29. The normalized spacial score (nSPS) is 18.2. The number of nitriles is 1.